The van der Waals surface area contributed by atoms with Crippen LogP contribution in [0, 0.1) is 10.8 Å². The van der Waals surface area contributed by atoms with Crippen LogP contribution in [0.25, 0.3) is 0 Å². The van der Waals surface area contributed by atoms with Gasteiger partial charge < -0.3 is 14.8 Å². The zero-order valence-electron chi connectivity index (χ0n) is 17.2. The summed E-state index contributed by atoms with van der Waals surface area (Å²) in [5, 5.41) is 3.02. The fourth-order valence-corrected chi connectivity index (χ4v) is 5.08. The van der Waals surface area contributed by atoms with Gasteiger partial charge in [0.25, 0.3) is 0 Å². The second-order valence-corrected chi connectivity index (χ2v) is 9.25. The molecule has 154 valence electrons. The molecule has 3 heterocycles. The molecule has 1 unspecified atom stereocenters. The maximum absolute atomic E-state index is 12.2. The van der Waals surface area contributed by atoms with Gasteiger partial charge in [-0.3, -0.25) is 9.69 Å². The molecule has 1 amide bonds. The van der Waals surface area contributed by atoms with E-state index >= 15 is 0 Å². The van der Waals surface area contributed by atoms with E-state index in [2.05, 4.69) is 35.4 Å². The number of fused-ring (bicyclic) bond motifs is 1. The molecule has 3 aliphatic heterocycles. The Morgan fingerprint density at radius 1 is 1.17 bits per heavy atom. The summed E-state index contributed by atoms with van der Waals surface area (Å²) in [6.07, 6.45) is 10.9. The number of para-hydroxylation sites is 2. The third-order valence-corrected chi connectivity index (χ3v) is 7.32. The van der Waals surface area contributed by atoms with Crippen LogP contribution in [0.2, 0.25) is 0 Å². The predicted octanol–water partition coefficient (Wildman–Crippen LogP) is 3.32. The van der Waals surface area contributed by atoms with E-state index in [1.54, 1.807) is 0 Å². The Labute approximate surface area is 172 Å². The van der Waals surface area contributed by atoms with Crippen LogP contribution in [0.15, 0.2) is 48.1 Å². The average Bonchev–Trinajstić information content (AvgIpc) is 3.11. The first kappa shape index (κ1) is 18.7. The number of benzene rings is 1. The third kappa shape index (κ3) is 3.46. The fourth-order valence-electron chi connectivity index (χ4n) is 5.08. The molecular weight excluding hydrogens is 364 g/mol. The molecule has 1 aliphatic carbocycles. The van der Waals surface area contributed by atoms with Crippen LogP contribution in [-0.2, 0) is 4.79 Å². The SMILES string of the molecule is CC1([C@H]2COc3ccccc3O2)C=CC(CN2CCC3(CCNC3=O)CC2)=CC1. The Kier molecular flexibility index (Phi) is 4.66. The molecule has 1 N–H and O–H groups in total. The van der Waals surface area contributed by atoms with E-state index in [1.807, 2.05) is 24.3 Å². The molecule has 0 radical (unpaired) electrons. The molecule has 4 aliphatic rings. The van der Waals surface area contributed by atoms with Gasteiger partial charge in [0.15, 0.2) is 11.5 Å². The first-order chi connectivity index (χ1) is 14.1. The van der Waals surface area contributed by atoms with Gasteiger partial charge in [0.1, 0.15) is 12.7 Å². The van der Waals surface area contributed by atoms with Crippen molar-refractivity contribution in [2.24, 2.45) is 10.8 Å². The number of allylic oxidation sites excluding steroid dienone is 1. The number of nitrogens with zero attached hydrogens (tertiary/aromatic N) is 1. The first-order valence-corrected chi connectivity index (χ1v) is 10.8. The molecule has 1 aromatic rings. The summed E-state index contributed by atoms with van der Waals surface area (Å²) in [5.41, 5.74) is 1.22. The minimum Gasteiger partial charge on any atom is -0.486 e. The van der Waals surface area contributed by atoms with Crippen molar-refractivity contribution in [1.82, 2.24) is 10.2 Å². The normalized spacial score (nSPS) is 30.9. The smallest absolute Gasteiger partial charge is 0.226 e. The van der Waals surface area contributed by atoms with E-state index in [0.717, 1.165) is 63.4 Å². The highest BCUT2D eigenvalue weighted by molar-refractivity contribution is 5.84. The zero-order valence-corrected chi connectivity index (χ0v) is 17.2. The number of hydrogen-bond donors (Lipinski definition) is 1. The largest absolute Gasteiger partial charge is 0.486 e. The lowest BCUT2D eigenvalue weighted by atomic mass is 9.76. The molecular formula is C24H30N2O3. The van der Waals surface area contributed by atoms with Crippen LogP contribution < -0.4 is 14.8 Å². The number of carbonyl (C=O) groups excluding carboxylic acids is 1. The third-order valence-electron chi connectivity index (χ3n) is 7.32. The number of likely N-dealkylation sites (tertiary alicyclic amines) is 1. The number of amides is 1. The minimum absolute atomic E-state index is 0.0159. The van der Waals surface area contributed by atoms with Crippen LogP contribution in [0.4, 0.5) is 0 Å². The zero-order chi connectivity index (χ0) is 19.9. The molecule has 5 nitrogen and oxygen atoms in total. The molecule has 2 atom stereocenters. The highest BCUT2D eigenvalue weighted by Crippen LogP contribution is 2.41. The van der Waals surface area contributed by atoms with Crippen molar-refractivity contribution in [2.75, 3.05) is 32.8 Å². The van der Waals surface area contributed by atoms with Gasteiger partial charge in [0.2, 0.25) is 5.91 Å². The maximum atomic E-state index is 12.2. The second-order valence-electron chi connectivity index (χ2n) is 9.25. The molecule has 0 aromatic heterocycles. The lowest BCUT2D eigenvalue weighted by molar-refractivity contribution is -0.129. The van der Waals surface area contributed by atoms with Gasteiger partial charge in [0.05, 0.1) is 5.41 Å². The highest BCUT2D eigenvalue weighted by atomic mass is 16.6. The highest BCUT2D eigenvalue weighted by Gasteiger charge is 2.44. The second kappa shape index (κ2) is 7.21. The Hall–Kier alpha value is -2.27. The summed E-state index contributed by atoms with van der Waals surface area (Å²) < 4.78 is 12.2. The van der Waals surface area contributed by atoms with E-state index in [0.29, 0.717) is 6.61 Å². The summed E-state index contributed by atoms with van der Waals surface area (Å²) in [4.78, 5) is 14.7. The summed E-state index contributed by atoms with van der Waals surface area (Å²) >= 11 is 0. The molecule has 0 bridgehead atoms. The Morgan fingerprint density at radius 2 is 1.97 bits per heavy atom. The molecule has 2 saturated heterocycles. The van der Waals surface area contributed by atoms with Crippen LogP contribution >= 0.6 is 0 Å². The summed E-state index contributed by atoms with van der Waals surface area (Å²) in [6, 6.07) is 7.90. The fraction of sp³-hybridized carbons (Fsp3) is 0.542. The van der Waals surface area contributed by atoms with Gasteiger partial charge in [-0.05, 0) is 56.5 Å². The van der Waals surface area contributed by atoms with Crippen molar-refractivity contribution in [2.45, 2.75) is 38.7 Å². The van der Waals surface area contributed by atoms with Crippen LogP contribution in [0.3, 0.4) is 0 Å². The predicted molar refractivity (Wildman–Crippen MR) is 112 cm³/mol. The summed E-state index contributed by atoms with van der Waals surface area (Å²) in [5.74, 6) is 1.95. The lowest BCUT2D eigenvalue weighted by Crippen LogP contribution is -2.45. The maximum Gasteiger partial charge on any atom is 0.226 e. The standard InChI is InChI=1S/C24H30N2O3/c1-23(21-17-28-19-4-2-3-5-20(19)29-21)8-6-18(7-9-23)16-26-14-11-24(12-15-26)10-13-25-22(24)27/h2-8,21H,9-17H2,1H3,(H,25,27)/t21-,23?/m1/s1. The van der Waals surface area contributed by atoms with Crippen molar-refractivity contribution >= 4 is 5.91 Å². The van der Waals surface area contributed by atoms with Gasteiger partial charge in [-0.25, -0.2) is 0 Å². The topological polar surface area (TPSA) is 50.8 Å². The van der Waals surface area contributed by atoms with Gasteiger partial charge in [-0.15, -0.1) is 0 Å². The minimum atomic E-state index is -0.0829. The van der Waals surface area contributed by atoms with Gasteiger partial charge >= 0.3 is 0 Å². The molecule has 5 rings (SSSR count). The van der Waals surface area contributed by atoms with E-state index < -0.39 is 0 Å². The molecule has 0 saturated carbocycles. The summed E-state index contributed by atoms with van der Waals surface area (Å²) in [6.45, 7) is 6.66. The van der Waals surface area contributed by atoms with Crippen molar-refractivity contribution in [3.8, 4) is 11.5 Å². The lowest BCUT2D eigenvalue weighted by Gasteiger charge is -2.40. The van der Waals surface area contributed by atoms with Gasteiger partial charge in [-0.1, -0.05) is 37.3 Å². The van der Waals surface area contributed by atoms with Crippen molar-refractivity contribution < 1.29 is 14.3 Å². The Bertz CT molecular complexity index is 853. The number of nitrogens with one attached hydrogen (secondary N) is 1. The first-order valence-electron chi connectivity index (χ1n) is 10.8. The van der Waals surface area contributed by atoms with E-state index in [4.69, 9.17) is 9.47 Å². The molecule has 5 heteroatoms. The number of carbonyl (C=O) groups is 1. The molecule has 1 aromatic carbocycles. The van der Waals surface area contributed by atoms with E-state index in [1.165, 1.54) is 5.57 Å². The number of rotatable bonds is 3. The average molecular weight is 395 g/mol. The van der Waals surface area contributed by atoms with Gasteiger partial charge in [-0.2, -0.15) is 0 Å². The van der Waals surface area contributed by atoms with Gasteiger partial charge in [0, 0.05) is 18.5 Å². The Morgan fingerprint density at radius 3 is 2.66 bits per heavy atom. The van der Waals surface area contributed by atoms with E-state index in [9.17, 15) is 4.79 Å². The molecule has 2 fully saturated rings. The molecule has 29 heavy (non-hydrogen) atoms. The summed E-state index contributed by atoms with van der Waals surface area (Å²) in [7, 11) is 0. The number of piperidine rings is 1. The van der Waals surface area contributed by atoms with Crippen LogP contribution in [0.5, 0.6) is 11.5 Å². The van der Waals surface area contributed by atoms with Crippen LogP contribution in [0.1, 0.15) is 32.6 Å². The van der Waals surface area contributed by atoms with Crippen molar-refractivity contribution in [1.29, 1.82) is 0 Å². The van der Waals surface area contributed by atoms with Crippen LogP contribution in [-0.4, -0.2) is 49.7 Å². The quantitative estimate of drug-likeness (QED) is 0.855. The monoisotopic (exact) mass is 394 g/mol. The Balaban J connectivity index is 1.17. The number of hydrogen-bond acceptors (Lipinski definition) is 4. The number of ether oxygens (including phenoxy) is 2. The van der Waals surface area contributed by atoms with Crippen molar-refractivity contribution in [3.63, 3.8) is 0 Å². The molecule has 1 spiro atoms. The van der Waals surface area contributed by atoms with E-state index in [-0.39, 0.29) is 22.8 Å². The van der Waals surface area contributed by atoms with Crippen molar-refractivity contribution in [3.05, 3.63) is 48.1 Å².